The Morgan fingerprint density at radius 2 is 1.63 bits per heavy atom. The van der Waals surface area contributed by atoms with E-state index >= 15 is 0 Å². The Morgan fingerprint density at radius 3 is 2.34 bits per heavy atom. The summed E-state index contributed by atoms with van der Waals surface area (Å²) >= 11 is 12.3. The molecule has 188 valence electrons. The van der Waals surface area contributed by atoms with Gasteiger partial charge in [0.2, 0.25) is 0 Å². The number of fused-ring (bicyclic) bond motifs is 1. The first-order valence-electron chi connectivity index (χ1n) is 12.0. The smallest absolute Gasteiger partial charge is 0.329 e. The maximum absolute atomic E-state index is 14.5. The van der Waals surface area contributed by atoms with E-state index in [0.29, 0.717) is 48.9 Å². The first-order chi connectivity index (χ1) is 16.9. The van der Waals surface area contributed by atoms with Crippen LogP contribution in [-0.4, -0.2) is 64.9 Å². The molecule has 3 aromatic rings. The van der Waals surface area contributed by atoms with E-state index in [1.165, 1.54) is 18.2 Å². The number of piperidine rings is 1. The predicted octanol–water partition coefficient (Wildman–Crippen LogP) is 4.56. The van der Waals surface area contributed by atoms with Crippen molar-refractivity contribution in [1.82, 2.24) is 18.9 Å². The molecule has 2 aliphatic rings. The van der Waals surface area contributed by atoms with Crippen molar-refractivity contribution in [2.24, 2.45) is 0 Å². The molecule has 2 aliphatic heterocycles. The molecule has 2 aromatic carbocycles. The Bertz CT molecular complexity index is 1260. The predicted molar refractivity (Wildman–Crippen MR) is 133 cm³/mol. The highest BCUT2D eigenvalue weighted by Crippen LogP contribution is 2.30. The molecule has 6 nitrogen and oxygen atoms in total. The molecule has 0 radical (unpaired) electrons. The number of likely N-dealkylation sites (tertiary alicyclic amines) is 1. The molecule has 0 amide bonds. The molecule has 2 saturated heterocycles. The summed E-state index contributed by atoms with van der Waals surface area (Å²) in [7, 11) is 0. The number of nitrogens with zero attached hydrogens (tertiary/aromatic N) is 4. The quantitative estimate of drug-likeness (QED) is 0.474. The van der Waals surface area contributed by atoms with Crippen LogP contribution in [0.1, 0.15) is 24.4 Å². The molecule has 10 heteroatoms. The Hall–Kier alpha value is -1.97. The van der Waals surface area contributed by atoms with E-state index < -0.39 is 5.82 Å². The molecule has 0 spiro atoms. The third kappa shape index (κ3) is 5.27. The van der Waals surface area contributed by atoms with Gasteiger partial charge in [-0.25, -0.2) is 13.6 Å². The van der Waals surface area contributed by atoms with Gasteiger partial charge >= 0.3 is 5.69 Å². The zero-order valence-corrected chi connectivity index (χ0v) is 20.9. The Labute approximate surface area is 212 Å². The summed E-state index contributed by atoms with van der Waals surface area (Å²) in [5, 5.41) is 0.430. The van der Waals surface area contributed by atoms with Crippen LogP contribution in [0.4, 0.5) is 8.78 Å². The number of morpholine rings is 1. The van der Waals surface area contributed by atoms with Gasteiger partial charge in [-0.2, -0.15) is 0 Å². The SMILES string of the molecule is O=c1n(CCN2CCOCC2)c2cc(Cl)c(F)cc2n1C1CCN(Cc2ccc(F)cc2Cl)CC1. The number of rotatable bonds is 6. The Morgan fingerprint density at radius 1 is 0.886 bits per heavy atom. The molecule has 0 unspecified atom stereocenters. The maximum atomic E-state index is 14.5. The highest BCUT2D eigenvalue weighted by molar-refractivity contribution is 6.31. The van der Waals surface area contributed by atoms with Gasteiger partial charge < -0.3 is 4.74 Å². The van der Waals surface area contributed by atoms with Crippen LogP contribution in [0.3, 0.4) is 0 Å². The molecule has 0 bridgehead atoms. The molecule has 0 atom stereocenters. The summed E-state index contributed by atoms with van der Waals surface area (Å²) in [4.78, 5) is 18.1. The van der Waals surface area contributed by atoms with Crippen molar-refractivity contribution in [3.8, 4) is 0 Å². The van der Waals surface area contributed by atoms with E-state index in [4.69, 9.17) is 27.9 Å². The minimum Gasteiger partial charge on any atom is -0.379 e. The Balaban J connectivity index is 1.36. The van der Waals surface area contributed by atoms with E-state index in [0.717, 1.165) is 44.6 Å². The number of imidazole rings is 1. The molecular formula is C25H28Cl2F2N4O2. The van der Waals surface area contributed by atoms with Crippen LogP contribution in [-0.2, 0) is 17.8 Å². The summed E-state index contributed by atoms with van der Waals surface area (Å²) in [6.07, 6.45) is 1.48. The number of halogens is 4. The average Bonchev–Trinajstić information content (AvgIpc) is 3.11. The van der Waals surface area contributed by atoms with Crippen LogP contribution in [0.2, 0.25) is 10.0 Å². The molecular weight excluding hydrogens is 497 g/mol. The monoisotopic (exact) mass is 524 g/mol. The molecule has 0 aliphatic carbocycles. The summed E-state index contributed by atoms with van der Waals surface area (Å²) in [6.45, 7) is 6.39. The van der Waals surface area contributed by atoms with Crippen molar-refractivity contribution in [3.63, 3.8) is 0 Å². The first kappa shape index (κ1) is 24.7. The number of ether oxygens (including phenoxy) is 1. The van der Waals surface area contributed by atoms with Gasteiger partial charge in [0.1, 0.15) is 11.6 Å². The average molecular weight is 525 g/mol. The molecule has 0 saturated carbocycles. The van der Waals surface area contributed by atoms with E-state index in [-0.39, 0.29) is 22.6 Å². The fraction of sp³-hybridized carbons (Fsp3) is 0.480. The maximum Gasteiger partial charge on any atom is 0.329 e. The van der Waals surface area contributed by atoms with Crippen LogP contribution < -0.4 is 5.69 Å². The summed E-state index contributed by atoms with van der Waals surface area (Å²) in [6, 6.07) is 7.36. The zero-order chi connectivity index (χ0) is 24.5. The number of benzene rings is 2. The molecule has 0 N–H and O–H groups in total. The van der Waals surface area contributed by atoms with Gasteiger partial charge in [-0.1, -0.05) is 29.3 Å². The molecule has 1 aromatic heterocycles. The van der Waals surface area contributed by atoms with Gasteiger partial charge in [0.25, 0.3) is 0 Å². The lowest BCUT2D eigenvalue weighted by molar-refractivity contribution is 0.0364. The Kier molecular flexibility index (Phi) is 7.46. The second-order valence-electron chi connectivity index (χ2n) is 9.26. The minimum absolute atomic E-state index is 0.0146. The lowest BCUT2D eigenvalue weighted by Gasteiger charge is -2.32. The minimum atomic E-state index is -0.526. The van der Waals surface area contributed by atoms with Crippen molar-refractivity contribution >= 4 is 34.2 Å². The van der Waals surface area contributed by atoms with Crippen LogP contribution in [0.5, 0.6) is 0 Å². The normalized spacial score (nSPS) is 18.5. The lowest BCUT2D eigenvalue weighted by atomic mass is 10.0. The van der Waals surface area contributed by atoms with Crippen molar-refractivity contribution in [2.45, 2.75) is 32.0 Å². The van der Waals surface area contributed by atoms with Gasteiger partial charge in [0.15, 0.2) is 0 Å². The zero-order valence-electron chi connectivity index (χ0n) is 19.4. The van der Waals surface area contributed by atoms with Crippen molar-refractivity contribution in [1.29, 1.82) is 0 Å². The fourth-order valence-corrected chi connectivity index (χ4v) is 5.52. The number of hydrogen-bond donors (Lipinski definition) is 0. The third-order valence-electron chi connectivity index (χ3n) is 7.08. The number of hydrogen-bond acceptors (Lipinski definition) is 4. The summed E-state index contributed by atoms with van der Waals surface area (Å²) in [5.74, 6) is -0.879. The van der Waals surface area contributed by atoms with Gasteiger partial charge in [0, 0.05) is 62.9 Å². The van der Waals surface area contributed by atoms with Crippen LogP contribution >= 0.6 is 23.2 Å². The highest BCUT2D eigenvalue weighted by atomic mass is 35.5. The second-order valence-corrected chi connectivity index (χ2v) is 10.1. The second kappa shape index (κ2) is 10.6. The van der Waals surface area contributed by atoms with E-state index in [2.05, 4.69) is 9.80 Å². The standard InChI is InChI=1S/C25H28Cl2F2N4O2/c26-20-13-18(28)2-1-17(20)16-31-5-3-19(4-6-31)33-24-15-22(29)21(27)14-23(24)32(25(33)34)8-7-30-9-11-35-12-10-30/h1-2,13-15,19H,3-12,16H2. The summed E-state index contributed by atoms with van der Waals surface area (Å²) < 4.78 is 36.7. The van der Waals surface area contributed by atoms with Gasteiger partial charge in [-0.05, 0) is 36.6 Å². The van der Waals surface area contributed by atoms with Gasteiger partial charge in [-0.3, -0.25) is 18.9 Å². The van der Waals surface area contributed by atoms with Gasteiger partial charge in [-0.15, -0.1) is 0 Å². The molecule has 2 fully saturated rings. The third-order valence-corrected chi connectivity index (χ3v) is 7.72. The fourth-order valence-electron chi connectivity index (χ4n) is 5.13. The van der Waals surface area contributed by atoms with Crippen molar-refractivity contribution in [2.75, 3.05) is 45.9 Å². The topological polar surface area (TPSA) is 42.6 Å². The summed E-state index contributed by atoms with van der Waals surface area (Å²) in [5.41, 5.74) is 1.99. The van der Waals surface area contributed by atoms with Crippen LogP contribution in [0.25, 0.3) is 11.0 Å². The largest absolute Gasteiger partial charge is 0.379 e. The molecule has 5 rings (SSSR count). The highest BCUT2D eigenvalue weighted by Gasteiger charge is 2.27. The first-order valence-corrected chi connectivity index (χ1v) is 12.7. The lowest BCUT2D eigenvalue weighted by Crippen LogP contribution is -2.40. The van der Waals surface area contributed by atoms with Crippen molar-refractivity contribution < 1.29 is 13.5 Å². The van der Waals surface area contributed by atoms with Crippen LogP contribution in [0.15, 0.2) is 35.1 Å². The van der Waals surface area contributed by atoms with Crippen molar-refractivity contribution in [3.05, 3.63) is 68.1 Å². The van der Waals surface area contributed by atoms with E-state index in [1.807, 2.05) is 0 Å². The number of aromatic nitrogens is 2. The van der Waals surface area contributed by atoms with E-state index in [1.54, 1.807) is 21.3 Å². The molecule has 3 heterocycles. The van der Waals surface area contributed by atoms with Crippen LogP contribution in [0, 0.1) is 11.6 Å². The van der Waals surface area contributed by atoms with Gasteiger partial charge in [0.05, 0.1) is 29.3 Å². The molecule has 35 heavy (non-hydrogen) atoms. The van der Waals surface area contributed by atoms with E-state index in [9.17, 15) is 13.6 Å².